The predicted octanol–water partition coefficient (Wildman–Crippen LogP) is 5.54. The van der Waals surface area contributed by atoms with E-state index in [1.165, 1.54) is 24.5 Å². The molecule has 0 radical (unpaired) electrons. The average Bonchev–Trinajstić information content (AvgIpc) is 3.16. The number of carbonyl (C=O) groups is 1. The molecule has 1 amide bonds. The maximum atomic E-state index is 12.8. The van der Waals surface area contributed by atoms with Gasteiger partial charge < -0.3 is 14.8 Å². The van der Waals surface area contributed by atoms with Gasteiger partial charge in [0.2, 0.25) is 0 Å². The first-order valence-corrected chi connectivity index (χ1v) is 9.90. The van der Waals surface area contributed by atoms with Crippen LogP contribution in [-0.4, -0.2) is 25.1 Å². The summed E-state index contributed by atoms with van der Waals surface area (Å²) in [7, 11) is 3.06. The number of hydrogen-bond donors (Lipinski definition) is 1. The van der Waals surface area contributed by atoms with Crippen LogP contribution in [0.15, 0.2) is 60.7 Å². The molecule has 5 nitrogen and oxygen atoms in total. The zero-order valence-corrected chi connectivity index (χ0v) is 17.2. The van der Waals surface area contributed by atoms with Crippen LogP contribution in [0, 0.1) is 6.92 Å². The Labute approximate surface area is 172 Å². The summed E-state index contributed by atoms with van der Waals surface area (Å²) >= 11 is 1.66. The number of benzene rings is 3. The van der Waals surface area contributed by atoms with Crippen LogP contribution in [0.3, 0.4) is 0 Å². The van der Waals surface area contributed by atoms with Gasteiger partial charge in [-0.1, -0.05) is 12.1 Å². The highest BCUT2D eigenvalue weighted by Crippen LogP contribution is 2.32. The molecule has 0 unspecified atom stereocenters. The Morgan fingerprint density at radius 3 is 2.31 bits per heavy atom. The fraction of sp³-hybridized carbons (Fsp3) is 0.130. The van der Waals surface area contributed by atoms with E-state index in [0.717, 1.165) is 16.1 Å². The van der Waals surface area contributed by atoms with Gasteiger partial charge in [0, 0.05) is 11.3 Å². The minimum absolute atomic E-state index is 0.289. The fourth-order valence-electron chi connectivity index (χ4n) is 3.12. The minimum atomic E-state index is -0.289. The number of fused-ring (bicyclic) bond motifs is 1. The predicted molar refractivity (Wildman–Crippen MR) is 117 cm³/mol. The first-order valence-electron chi connectivity index (χ1n) is 9.09. The summed E-state index contributed by atoms with van der Waals surface area (Å²) in [6, 6.07) is 19.1. The van der Waals surface area contributed by atoms with Crippen molar-refractivity contribution in [2.75, 3.05) is 19.5 Å². The molecule has 29 heavy (non-hydrogen) atoms. The molecule has 1 aromatic heterocycles. The van der Waals surface area contributed by atoms with Crippen LogP contribution in [-0.2, 0) is 0 Å². The molecule has 0 bridgehead atoms. The number of thiazole rings is 1. The van der Waals surface area contributed by atoms with Gasteiger partial charge in [0.25, 0.3) is 5.91 Å². The standard InChI is InChI=1S/C23H20N2O3S/c1-14-7-12-17-20(13-14)29-23(25-17)15-8-10-16(11-9-15)24-22(26)21-18(27-2)5-4-6-19(21)28-3/h4-13H,1-3H3,(H,24,26). The number of anilines is 1. The Morgan fingerprint density at radius 2 is 1.66 bits per heavy atom. The number of aryl methyl sites for hydroxylation is 1. The number of nitrogens with one attached hydrogen (secondary N) is 1. The molecule has 4 rings (SSSR count). The van der Waals surface area contributed by atoms with E-state index >= 15 is 0 Å². The Bertz CT molecular complexity index is 1160. The normalized spacial score (nSPS) is 10.7. The largest absolute Gasteiger partial charge is 0.496 e. The molecule has 0 saturated carbocycles. The van der Waals surface area contributed by atoms with E-state index < -0.39 is 0 Å². The van der Waals surface area contributed by atoms with E-state index in [4.69, 9.17) is 14.5 Å². The number of methoxy groups -OCH3 is 2. The number of amides is 1. The van der Waals surface area contributed by atoms with Crippen LogP contribution in [0.1, 0.15) is 15.9 Å². The lowest BCUT2D eigenvalue weighted by molar-refractivity contribution is 0.102. The molecule has 0 aliphatic carbocycles. The van der Waals surface area contributed by atoms with Crippen molar-refractivity contribution in [3.05, 3.63) is 71.8 Å². The second-order valence-electron chi connectivity index (χ2n) is 6.56. The average molecular weight is 404 g/mol. The number of carbonyl (C=O) groups excluding carboxylic acids is 1. The molecule has 0 aliphatic rings. The minimum Gasteiger partial charge on any atom is -0.496 e. The first kappa shape index (κ1) is 19.0. The van der Waals surface area contributed by atoms with Crippen molar-refractivity contribution in [2.45, 2.75) is 6.92 Å². The van der Waals surface area contributed by atoms with E-state index in [0.29, 0.717) is 22.7 Å². The summed E-state index contributed by atoms with van der Waals surface area (Å²) in [6.45, 7) is 2.08. The molecule has 4 aromatic rings. The van der Waals surface area contributed by atoms with Gasteiger partial charge in [0.1, 0.15) is 22.1 Å². The fourth-order valence-corrected chi connectivity index (χ4v) is 4.19. The summed E-state index contributed by atoms with van der Waals surface area (Å²) in [4.78, 5) is 17.5. The van der Waals surface area contributed by atoms with Crippen LogP contribution in [0.25, 0.3) is 20.8 Å². The van der Waals surface area contributed by atoms with Crippen LogP contribution in [0.2, 0.25) is 0 Å². The summed E-state index contributed by atoms with van der Waals surface area (Å²) in [5, 5.41) is 3.86. The van der Waals surface area contributed by atoms with Crippen molar-refractivity contribution in [2.24, 2.45) is 0 Å². The van der Waals surface area contributed by atoms with Crippen LogP contribution in [0.5, 0.6) is 11.5 Å². The van der Waals surface area contributed by atoms with Gasteiger partial charge in [0.05, 0.1) is 24.4 Å². The van der Waals surface area contributed by atoms with Gasteiger partial charge in [0.15, 0.2) is 0 Å². The summed E-state index contributed by atoms with van der Waals surface area (Å²) < 4.78 is 11.8. The molecular weight excluding hydrogens is 384 g/mol. The molecule has 0 atom stereocenters. The van der Waals surface area contributed by atoms with Gasteiger partial charge in [-0.05, 0) is 61.0 Å². The third-order valence-corrected chi connectivity index (χ3v) is 5.66. The maximum Gasteiger partial charge on any atom is 0.263 e. The highest BCUT2D eigenvalue weighted by Gasteiger charge is 2.18. The zero-order valence-electron chi connectivity index (χ0n) is 16.4. The molecular formula is C23H20N2O3S. The zero-order chi connectivity index (χ0) is 20.4. The van der Waals surface area contributed by atoms with Crippen molar-refractivity contribution >= 4 is 33.1 Å². The van der Waals surface area contributed by atoms with E-state index in [2.05, 4.69) is 24.4 Å². The highest BCUT2D eigenvalue weighted by atomic mass is 32.1. The third-order valence-electron chi connectivity index (χ3n) is 4.59. The summed E-state index contributed by atoms with van der Waals surface area (Å²) in [5.74, 6) is 0.633. The number of ether oxygens (including phenoxy) is 2. The molecule has 146 valence electrons. The van der Waals surface area contributed by atoms with Crippen LogP contribution < -0.4 is 14.8 Å². The van der Waals surface area contributed by atoms with Gasteiger partial charge in [-0.3, -0.25) is 4.79 Å². The quantitative estimate of drug-likeness (QED) is 0.474. The van der Waals surface area contributed by atoms with Gasteiger partial charge >= 0.3 is 0 Å². The van der Waals surface area contributed by atoms with E-state index in [-0.39, 0.29) is 5.91 Å². The lowest BCUT2D eigenvalue weighted by atomic mass is 10.1. The summed E-state index contributed by atoms with van der Waals surface area (Å²) in [6.07, 6.45) is 0. The molecule has 1 N–H and O–H groups in total. The van der Waals surface area contributed by atoms with Crippen LogP contribution in [0.4, 0.5) is 5.69 Å². The Balaban J connectivity index is 1.57. The maximum absolute atomic E-state index is 12.8. The SMILES string of the molecule is COc1cccc(OC)c1C(=O)Nc1ccc(-c2nc3ccc(C)cc3s2)cc1. The Hall–Kier alpha value is -3.38. The smallest absolute Gasteiger partial charge is 0.263 e. The molecule has 0 spiro atoms. The lowest BCUT2D eigenvalue weighted by Gasteiger charge is -2.13. The van der Waals surface area contributed by atoms with Crippen molar-refractivity contribution in [1.29, 1.82) is 0 Å². The topological polar surface area (TPSA) is 60.5 Å². The molecule has 0 fully saturated rings. The lowest BCUT2D eigenvalue weighted by Crippen LogP contribution is -2.14. The molecule has 0 aliphatic heterocycles. The second kappa shape index (κ2) is 7.93. The van der Waals surface area contributed by atoms with Gasteiger partial charge in [-0.2, -0.15) is 0 Å². The molecule has 6 heteroatoms. The number of nitrogens with zero attached hydrogens (tertiary/aromatic N) is 1. The monoisotopic (exact) mass is 404 g/mol. The molecule has 3 aromatic carbocycles. The molecule has 1 heterocycles. The number of rotatable bonds is 5. The summed E-state index contributed by atoms with van der Waals surface area (Å²) in [5.41, 5.74) is 4.28. The van der Waals surface area contributed by atoms with Crippen LogP contribution >= 0.6 is 11.3 Å². The van der Waals surface area contributed by atoms with Crippen molar-refractivity contribution in [3.8, 4) is 22.1 Å². The third kappa shape index (κ3) is 3.79. The van der Waals surface area contributed by atoms with Crippen molar-refractivity contribution in [3.63, 3.8) is 0 Å². The number of aromatic nitrogens is 1. The van der Waals surface area contributed by atoms with Gasteiger partial charge in [-0.15, -0.1) is 11.3 Å². The molecule has 0 saturated heterocycles. The van der Waals surface area contributed by atoms with E-state index in [1.807, 2.05) is 30.3 Å². The Morgan fingerprint density at radius 1 is 0.966 bits per heavy atom. The first-order chi connectivity index (χ1) is 14.1. The number of hydrogen-bond acceptors (Lipinski definition) is 5. The van der Waals surface area contributed by atoms with E-state index in [9.17, 15) is 4.79 Å². The Kier molecular flexibility index (Phi) is 5.18. The van der Waals surface area contributed by atoms with Crippen molar-refractivity contribution in [1.82, 2.24) is 4.98 Å². The van der Waals surface area contributed by atoms with Crippen molar-refractivity contribution < 1.29 is 14.3 Å². The second-order valence-corrected chi connectivity index (χ2v) is 7.59. The highest BCUT2D eigenvalue weighted by molar-refractivity contribution is 7.21. The van der Waals surface area contributed by atoms with E-state index in [1.54, 1.807) is 29.5 Å². The van der Waals surface area contributed by atoms with Gasteiger partial charge in [-0.25, -0.2) is 4.98 Å².